The molecule has 8 heteroatoms. The molecule has 1 N–H and O–H groups in total. The summed E-state index contributed by atoms with van der Waals surface area (Å²) in [6.45, 7) is 8.00. The van der Waals surface area contributed by atoms with E-state index in [9.17, 15) is 10.1 Å². The van der Waals surface area contributed by atoms with E-state index in [0.29, 0.717) is 16.3 Å². The van der Waals surface area contributed by atoms with Gasteiger partial charge in [-0.05, 0) is 38.1 Å². The van der Waals surface area contributed by atoms with E-state index >= 15 is 0 Å². The third-order valence-electron chi connectivity index (χ3n) is 6.26. The van der Waals surface area contributed by atoms with Crippen LogP contribution in [-0.4, -0.2) is 46.0 Å². The topological polar surface area (TPSA) is 77.3 Å². The van der Waals surface area contributed by atoms with Gasteiger partial charge >= 0.3 is 0 Å². The second-order valence-corrected chi connectivity index (χ2v) is 9.82. The van der Waals surface area contributed by atoms with Crippen molar-refractivity contribution in [1.29, 1.82) is 5.26 Å². The van der Waals surface area contributed by atoms with Crippen LogP contribution in [0.3, 0.4) is 0 Å². The van der Waals surface area contributed by atoms with Gasteiger partial charge in [0.2, 0.25) is 0 Å². The lowest BCUT2D eigenvalue weighted by molar-refractivity contribution is 0.408. The van der Waals surface area contributed by atoms with Crippen molar-refractivity contribution in [2.75, 3.05) is 38.2 Å². The Morgan fingerprint density at radius 1 is 1.12 bits per heavy atom. The zero-order valence-corrected chi connectivity index (χ0v) is 20.4. The van der Waals surface area contributed by atoms with E-state index in [1.165, 1.54) is 0 Å². The van der Waals surface area contributed by atoms with Gasteiger partial charge < -0.3 is 19.2 Å². The zero-order chi connectivity index (χ0) is 22.6. The van der Waals surface area contributed by atoms with Crippen molar-refractivity contribution in [2.24, 2.45) is 0 Å². The average molecular weight is 541 g/mol. The number of rotatable bonds is 3. The molecule has 1 saturated heterocycles. The van der Waals surface area contributed by atoms with Gasteiger partial charge in [0.15, 0.2) is 5.43 Å². The van der Waals surface area contributed by atoms with E-state index in [2.05, 4.69) is 66.4 Å². The maximum Gasteiger partial charge on any atom is 0.199 e. The Labute approximate surface area is 199 Å². The maximum absolute atomic E-state index is 13.7. The second-order valence-electron chi connectivity index (χ2n) is 8.45. The minimum atomic E-state index is -0.0233. The molecule has 0 spiro atoms. The van der Waals surface area contributed by atoms with Gasteiger partial charge in [0.25, 0.3) is 0 Å². The predicted molar refractivity (Wildman–Crippen MR) is 137 cm³/mol. The van der Waals surface area contributed by atoms with Gasteiger partial charge in [-0.1, -0.05) is 6.07 Å². The number of benzene rings is 2. The molecule has 2 aromatic heterocycles. The number of methoxy groups -OCH3 is 1. The lowest BCUT2D eigenvalue weighted by atomic mass is 10.1. The van der Waals surface area contributed by atoms with Gasteiger partial charge in [-0.15, -0.1) is 0 Å². The number of piperazine rings is 1. The van der Waals surface area contributed by atoms with E-state index in [0.717, 1.165) is 59.7 Å². The highest BCUT2D eigenvalue weighted by Gasteiger charge is 2.23. The number of hydrogen-bond donors (Lipinski definition) is 1. The number of pyridine rings is 1. The molecule has 5 rings (SSSR count). The fraction of sp³-hybridized carbons (Fsp3) is 0.333. The lowest BCUT2D eigenvalue weighted by Gasteiger charge is -2.34. The molecule has 2 aromatic carbocycles. The molecule has 0 radical (unpaired) electrons. The van der Waals surface area contributed by atoms with Crippen LogP contribution >= 0.6 is 22.9 Å². The van der Waals surface area contributed by atoms with Crippen LogP contribution < -0.4 is 15.1 Å². The molecule has 4 aromatic rings. The van der Waals surface area contributed by atoms with Crippen molar-refractivity contribution in [3.8, 4) is 11.8 Å². The van der Waals surface area contributed by atoms with Crippen LogP contribution in [-0.2, 0) is 0 Å². The van der Waals surface area contributed by atoms with E-state index in [-0.39, 0.29) is 11.5 Å². The van der Waals surface area contributed by atoms with E-state index < -0.39 is 0 Å². The monoisotopic (exact) mass is 541 g/mol. The standard InChI is InChI=1S/C24H24IN5O2/c1-14(2)30-19-12-20(28-6-8-29(25)9-7-28)21(32-3)11-17(19)23(31)22-16-5-4-15(13-26)10-18(16)27-24(22)30/h4-5,10-12,14,27H,6-9H2,1-3H3. The summed E-state index contributed by atoms with van der Waals surface area (Å²) >= 11 is 2.36. The second kappa shape index (κ2) is 7.98. The van der Waals surface area contributed by atoms with E-state index in [1.54, 1.807) is 19.2 Å². The Bertz CT molecular complexity index is 1460. The van der Waals surface area contributed by atoms with Crippen LogP contribution in [0.5, 0.6) is 5.75 Å². The summed E-state index contributed by atoms with van der Waals surface area (Å²) in [6.07, 6.45) is 0. The fourth-order valence-corrected chi connectivity index (χ4v) is 5.16. The van der Waals surface area contributed by atoms with Crippen molar-refractivity contribution in [3.63, 3.8) is 0 Å². The molecule has 0 unspecified atom stereocenters. The van der Waals surface area contributed by atoms with Gasteiger partial charge in [0.05, 0.1) is 40.7 Å². The van der Waals surface area contributed by atoms with Crippen molar-refractivity contribution in [3.05, 3.63) is 46.1 Å². The average Bonchev–Trinajstić information content (AvgIpc) is 3.17. The van der Waals surface area contributed by atoms with Gasteiger partial charge in [0.1, 0.15) is 11.4 Å². The minimum Gasteiger partial charge on any atom is -0.495 e. The van der Waals surface area contributed by atoms with Crippen LogP contribution in [0.4, 0.5) is 5.69 Å². The molecule has 0 atom stereocenters. The number of nitriles is 1. The number of aromatic nitrogens is 2. The Balaban J connectivity index is 1.86. The van der Waals surface area contributed by atoms with Crippen LogP contribution in [0.15, 0.2) is 35.1 Å². The molecule has 164 valence electrons. The third kappa shape index (κ3) is 3.22. The highest BCUT2D eigenvalue weighted by atomic mass is 127. The number of anilines is 1. The first-order valence-electron chi connectivity index (χ1n) is 10.7. The molecule has 32 heavy (non-hydrogen) atoms. The maximum atomic E-state index is 13.7. The first-order valence-corrected chi connectivity index (χ1v) is 11.7. The highest BCUT2D eigenvalue weighted by Crippen LogP contribution is 2.36. The van der Waals surface area contributed by atoms with Crippen LogP contribution in [0.1, 0.15) is 25.5 Å². The zero-order valence-electron chi connectivity index (χ0n) is 18.3. The summed E-state index contributed by atoms with van der Waals surface area (Å²) in [5.74, 6) is 0.720. The molecule has 1 aliphatic heterocycles. The predicted octanol–water partition coefficient (Wildman–Crippen LogP) is 4.57. The van der Waals surface area contributed by atoms with Crippen molar-refractivity contribution in [2.45, 2.75) is 19.9 Å². The first kappa shape index (κ1) is 21.1. The number of nitrogens with one attached hydrogen (secondary N) is 1. The molecule has 0 amide bonds. The van der Waals surface area contributed by atoms with E-state index in [4.69, 9.17) is 4.74 Å². The fourth-order valence-electron chi connectivity index (χ4n) is 4.73. The lowest BCUT2D eigenvalue weighted by Crippen LogP contribution is -2.42. The smallest absolute Gasteiger partial charge is 0.199 e. The third-order valence-corrected chi connectivity index (χ3v) is 7.22. The highest BCUT2D eigenvalue weighted by molar-refractivity contribution is 14.1. The molecule has 1 aliphatic rings. The SMILES string of the molecule is COc1cc2c(=O)c3c4ccc(C#N)cc4[nH]c3n(C(C)C)c2cc1N1CCN(I)CC1. The molecule has 1 fully saturated rings. The molecular formula is C24H24IN5O2. The van der Waals surface area contributed by atoms with Crippen molar-refractivity contribution in [1.82, 2.24) is 12.7 Å². The van der Waals surface area contributed by atoms with Gasteiger partial charge in [-0.3, -0.25) is 4.79 Å². The van der Waals surface area contributed by atoms with Crippen molar-refractivity contribution < 1.29 is 4.74 Å². The molecule has 7 nitrogen and oxygen atoms in total. The summed E-state index contributed by atoms with van der Waals surface area (Å²) < 4.78 is 10.2. The number of fused-ring (bicyclic) bond motifs is 4. The number of nitrogens with zero attached hydrogens (tertiary/aromatic N) is 4. The molecule has 3 heterocycles. The normalized spacial score (nSPS) is 15.2. The molecule has 0 saturated carbocycles. The Kier molecular flexibility index (Phi) is 5.26. The summed E-state index contributed by atoms with van der Waals surface area (Å²) in [5.41, 5.74) is 4.03. The van der Waals surface area contributed by atoms with E-state index in [1.807, 2.05) is 12.1 Å². The van der Waals surface area contributed by atoms with Gasteiger partial charge in [-0.2, -0.15) is 5.26 Å². The van der Waals surface area contributed by atoms with Crippen molar-refractivity contribution >= 4 is 61.4 Å². The Morgan fingerprint density at radius 2 is 1.88 bits per heavy atom. The number of halogens is 1. The number of aromatic amines is 1. The Hall–Kier alpha value is -2.77. The summed E-state index contributed by atoms with van der Waals surface area (Å²) in [6, 6.07) is 11.7. The molecule has 0 bridgehead atoms. The summed E-state index contributed by atoms with van der Waals surface area (Å²) in [7, 11) is 1.66. The molecule has 0 aliphatic carbocycles. The van der Waals surface area contributed by atoms with Crippen LogP contribution in [0, 0.1) is 11.3 Å². The quantitative estimate of drug-likeness (QED) is 0.304. The first-order chi connectivity index (χ1) is 15.4. The van der Waals surface area contributed by atoms with Gasteiger partial charge in [0, 0.05) is 66.0 Å². The number of hydrogen-bond acceptors (Lipinski definition) is 5. The largest absolute Gasteiger partial charge is 0.495 e. The molecular weight excluding hydrogens is 517 g/mol. The van der Waals surface area contributed by atoms with Crippen LogP contribution in [0.25, 0.3) is 32.8 Å². The van der Waals surface area contributed by atoms with Gasteiger partial charge in [-0.25, -0.2) is 3.11 Å². The number of ether oxygens (including phenoxy) is 1. The summed E-state index contributed by atoms with van der Waals surface area (Å²) in [4.78, 5) is 19.5. The number of H-pyrrole nitrogens is 1. The Morgan fingerprint density at radius 3 is 2.53 bits per heavy atom. The summed E-state index contributed by atoms with van der Waals surface area (Å²) in [5, 5.41) is 11.4. The van der Waals surface area contributed by atoms with Crippen LogP contribution in [0.2, 0.25) is 0 Å². The minimum absolute atomic E-state index is 0.0233.